The molecule has 0 saturated carbocycles. The van der Waals surface area contributed by atoms with E-state index in [0.29, 0.717) is 6.61 Å². The normalized spacial score (nSPS) is 19.6. The van der Waals surface area contributed by atoms with Gasteiger partial charge in [0.15, 0.2) is 0 Å². The van der Waals surface area contributed by atoms with Crippen molar-refractivity contribution in [1.82, 2.24) is 4.98 Å². The van der Waals surface area contributed by atoms with E-state index in [1.54, 1.807) is 12.4 Å². The molecule has 0 N–H and O–H groups in total. The molecule has 1 aliphatic rings. The van der Waals surface area contributed by atoms with E-state index in [1.165, 1.54) is 0 Å². The Morgan fingerprint density at radius 3 is 2.43 bits per heavy atom. The van der Waals surface area contributed by atoms with Crippen LogP contribution >= 0.6 is 0 Å². The van der Waals surface area contributed by atoms with Gasteiger partial charge in [0.1, 0.15) is 5.75 Å². The van der Waals surface area contributed by atoms with E-state index in [4.69, 9.17) is 14.0 Å². The van der Waals surface area contributed by atoms with Gasteiger partial charge in [-0.15, -0.1) is 6.58 Å². The van der Waals surface area contributed by atoms with Gasteiger partial charge < -0.3 is 14.0 Å². The molecule has 1 fully saturated rings. The Labute approximate surface area is 127 Å². The summed E-state index contributed by atoms with van der Waals surface area (Å²) in [4.78, 5) is 4.22. The van der Waals surface area contributed by atoms with Crippen LogP contribution in [0.15, 0.2) is 30.6 Å². The summed E-state index contributed by atoms with van der Waals surface area (Å²) >= 11 is 0. The van der Waals surface area contributed by atoms with Gasteiger partial charge >= 0.3 is 7.12 Å². The molecule has 21 heavy (non-hydrogen) atoms. The lowest BCUT2D eigenvalue weighted by molar-refractivity contribution is 0.00578. The van der Waals surface area contributed by atoms with Gasteiger partial charge in [0.05, 0.1) is 24.0 Å². The first-order chi connectivity index (χ1) is 9.71. The van der Waals surface area contributed by atoms with Crippen molar-refractivity contribution in [3.05, 3.63) is 30.6 Å². The molecule has 0 atom stereocenters. The Morgan fingerprint density at radius 2 is 1.86 bits per heavy atom. The molecule has 5 heteroatoms. The van der Waals surface area contributed by atoms with Crippen molar-refractivity contribution in [3.8, 4) is 5.75 Å². The maximum atomic E-state index is 6.02. The largest absolute Gasteiger partial charge is 0.496 e. The second-order valence-corrected chi connectivity index (χ2v) is 6.60. The molecule has 0 amide bonds. The fourth-order valence-electron chi connectivity index (χ4n) is 1.97. The smallest absolute Gasteiger partial charge is 0.492 e. The Balaban J connectivity index is 2.07. The fraction of sp³-hybridized carbons (Fsp3) is 0.562. The molecule has 2 heterocycles. The summed E-state index contributed by atoms with van der Waals surface area (Å²) in [6, 6.07) is 1.92. The van der Waals surface area contributed by atoms with E-state index < -0.39 is 7.12 Å². The van der Waals surface area contributed by atoms with Gasteiger partial charge in [-0.25, -0.2) is 0 Å². The third-order valence-corrected chi connectivity index (χ3v) is 4.06. The highest BCUT2D eigenvalue weighted by molar-refractivity contribution is 6.62. The van der Waals surface area contributed by atoms with Crippen LogP contribution in [0.1, 0.15) is 41.0 Å². The summed E-state index contributed by atoms with van der Waals surface area (Å²) in [6.07, 6.45) is 4.29. The lowest BCUT2D eigenvalue weighted by Crippen LogP contribution is -2.41. The van der Waals surface area contributed by atoms with Gasteiger partial charge in [0.2, 0.25) is 0 Å². The monoisotopic (exact) mass is 289 g/mol. The Kier molecular flexibility index (Phi) is 4.44. The predicted octanol–water partition coefficient (Wildman–Crippen LogP) is 2.73. The van der Waals surface area contributed by atoms with Gasteiger partial charge in [-0.1, -0.05) is 5.57 Å². The first-order valence-corrected chi connectivity index (χ1v) is 7.29. The van der Waals surface area contributed by atoms with Crippen molar-refractivity contribution >= 4 is 12.6 Å². The molecule has 1 aromatic rings. The molecule has 1 aliphatic heterocycles. The van der Waals surface area contributed by atoms with Crippen LogP contribution < -0.4 is 10.2 Å². The molecular formula is C16H24BNO3. The number of aromatic nitrogens is 1. The standard InChI is InChI=1S/C16H24BNO3/c1-12(2)7-8-19-14-9-13(10-18-11-14)17-20-15(3,4)16(5,6)21-17/h9-11H,1,7-8H2,2-6H3. The molecule has 114 valence electrons. The van der Waals surface area contributed by atoms with Crippen molar-refractivity contribution in [2.24, 2.45) is 0 Å². The quantitative estimate of drug-likeness (QED) is 0.617. The molecule has 1 aromatic heterocycles. The third kappa shape index (κ3) is 3.66. The van der Waals surface area contributed by atoms with Crippen LogP contribution in [0.25, 0.3) is 0 Å². The highest BCUT2D eigenvalue weighted by Gasteiger charge is 2.51. The van der Waals surface area contributed by atoms with Crippen LogP contribution in [-0.4, -0.2) is 29.9 Å². The molecule has 0 aliphatic carbocycles. The zero-order valence-corrected chi connectivity index (χ0v) is 13.6. The molecule has 4 nitrogen and oxygen atoms in total. The first kappa shape index (κ1) is 16.1. The van der Waals surface area contributed by atoms with Gasteiger partial charge in [-0.2, -0.15) is 0 Å². The first-order valence-electron chi connectivity index (χ1n) is 7.29. The third-order valence-electron chi connectivity index (χ3n) is 4.06. The van der Waals surface area contributed by atoms with Gasteiger partial charge in [0, 0.05) is 18.1 Å². The average Bonchev–Trinajstić information content (AvgIpc) is 2.58. The zero-order chi connectivity index (χ0) is 15.7. The second-order valence-electron chi connectivity index (χ2n) is 6.60. The van der Waals surface area contributed by atoms with E-state index >= 15 is 0 Å². The summed E-state index contributed by atoms with van der Waals surface area (Å²) in [6.45, 7) is 14.6. The summed E-state index contributed by atoms with van der Waals surface area (Å²) < 4.78 is 17.7. The summed E-state index contributed by atoms with van der Waals surface area (Å²) in [7, 11) is -0.410. The Hall–Kier alpha value is -1.33. The lowest BCUT2D eigenvalue weighted by Gasteiger charge is -2.32. The van der Waals surface area contributed by atoms with Crippen LogP contribution in [-0.2, 0) is 9.31 Å². The molecule has 0 bridgehead atoms. The second kappa shape index (κ2) is 5.81. The summed E-state index contributed by atoms with van der Waals surface area (Å²) in [5, 5.41) is 0. The molecular weight excluding hydrogens is 265 g/mol. The molecule has 0 radical (unpaired) electrons. The van der Waals surface area contributed by atoms with E-state index in [9.17, 15) is 0 Å². The van der Waals surface area contributed by atoms with E-state index in [-0.39, 0.29) is 11.2 Å². The minimum absolute atomic E-state index is 0.353. The Bertz CT molecular complexity index is 512. The highest BCUT2D eigenvalue weighted by atomic mass is 16.7. The van der Waals surface area contributed by atoms with Crippen LogP contribution in [0.2, 0.25) is 0 Å². The highest BCUT2D eigenvalue weighted by Crippen LogP contribution is 2.36. The molecule has 0 unspecified atom stereocenters. The molecule has 2 rings (SSSR count). The average molecular weight is 289 g/mol. The fourth-order valence-corrected chi connectivity index (χ4v) is 1.97. The maximum Gasteiger partial charge on any atom is 0.496 e. The molecule has 0 aromatic carbocycles. The van der Waals surface area contributed by atoms with Crippen LogP contribution in [0.5, 0.6) is 5.75 Å². The number of nitrogens with zero attached hydrogens (tertiary/aromatic N) is 1. The van der Waals surface area contributed by atoms with Crippen LogP contribution in [0.3, 0.4) is 0 Å². The summed E-state index contributed by atoms with van der Waals surface area (Å²) in [5.41, 5.74) is 1.27. The van der Waals surface area contributed by atoms with Crippen molar-refractivity contribution in [3.63, 3.8) is 0 Å². The van der Waals surface area contributed by atoms with Crippen molar-refractivity contribution < 1.29 is 14.0 Å². The lowest BCUT2D eigenvalue weighted by atomic mass is 9.80. The number of rotatable bonds is 5. The minimum atomic E-state index is -0.410. The molecule has 1 saturated heterocycles. The van der Waals surface area contributed by atoms with Crippen LogP contribution in [0.4, 0.5) is 0 Å². The number of hydrogen-bond acceptors (Lipinski definition) is 4. The topological polar surface area (TPSA) is 40.6 Å². The van der Waals surface area contributed by atoms with Gasteiger partial charge in [-0.05, 0) is 40.7 Å². The van der Waals surface area contributed by atoms with Crippen LogP contribution in [0, 0.1) is 0 Å². The van der Waals surface area contributed by atoms with E-state index in [2.05, 4.69) is 11.6 Å². The molecule has 0 spiro atoms. The van der Waals surface area contributed by atoms with Crippen molar-refractivity contribution in [2.45, 2.75) is 52.2 Å². The maximum absolute atomic E-state index is 6.02. The van der Waals surface area contributed by atoms with Crippen molar-refractivity contribution in [2.75, 3.05) is 6.61 Å². The van der Waals surface area contributed by atoms with E-state index in [0.717, 1.165) is 23.2 Å². The van der Waals surface area contributed by atoms with Gasteiger partial charge in [-0.3, -0.25) is 4.98 Å². The van der Waals surface area contributed by atoms with Crippen molar-refractivity contribution in [1.29, 1.82) is 0 Å². The number of ether oxygens (including phenoxy) is 1. The predicted molar refractivity (Wildman–Crippen MR) is 84.9 cm³/mol. The zero-order valence-electron chi connectivity index (χ0n) is 13.6. The Morgan fingerprint density at radius 1 is 1.24 bits per heavy atom. The summed E-state index contributed by atoms with van der Waals surface area (Å²) in [5.74, 6) is 0.725. The SMILES string of the molecule is C=C(C)CCOc1cncc(B2OC(C)(C)C(C)(C)O2)c1. The van der Waals surface area contributed by atoms with Gasteiger partial charge in [0.25, 0.3) is 0 Å². The number of pyridine rings is 1. The van der Waals surface area contributed by atoms with E-state index in [1.807, 2.05) is 40.7 Å². The number of hydrogen-bond donors (Lipinski definition) is 0. The minimum Gasteiger partial charge on any atom is -0.492 e.